The Hall–Kier alpha value is -3.96. The van der Waals surface area contributed by atoms with E-state index in [9.17, 15) is 9.59 Å². The Labute approximate surface area is 206 Å². The van der Waals surface area contributed by atoms with E-state index in [0.717, 1.165) is 23.4 Å². The van der Waals surface area contributed by atoms with Crippen LogP contribution in [0.25, 0.3) is 12.2 Å². The molecule has 0 saturated carbocycles. The van der Waals surface area contributed by atoms with E-state index in [4.69, 9.17) is 4.74 Å². The Kier molecular flexibility index (Phi) is 7.91. The maximum absolute atomic E-state index is 13.4. The van der Waals surface area contributed by atoms with E-state index >= 15 is 0 Å². The van der Waals surface area contributed by atoms with Gasteiger partial charge in [0.1, 0.15) is 12.4 Å². The number of hydrogen-bond acceptors (Lipinski definition) is 4. The van der Waals surface area contributed by atoms with Crippen LogP contribution in [0.5, 0.6) is 5.75 Å². The van der Waals surface area contributed by atoms with E-state index in [1.165, 1.54) is 0 Å². The SMILES string of the molecule is CN(C)CCOc1ccc(C(=O)N2CC(=Cc3ccccc3)C(=O)C(=Cc3ccccc3)C2)cc1. The summed E-state index contributed by atoms with van der Waals surface area (Å²) < 4.78 is 5.75. The van der Waals surface area contributed by atoms with Crippen LogP contribution in [0.1, 0.15) is 21.5 Å². The largest absolute Gasteiger partial charge is 0.492 e. The van der Waals surface area contributed by atoms with Crippen molar-refractivity contribution in [3.05, 3.63) is 113 Å². The summed E-state index contributed by atoms with van der Waals surface area (Å²) in [6.45, 7) is 1.92. The van der Waals surface area contributed by atoms with Gasteiger partial charge in [-0.05, 0) is 61.6 Å². The van der Waals surface area contributed by atoms with Gasteiger partial charge in [-0.1, -0.05) is 60.7 Å². The zero-order chi connectivity index (χ0) is 24.6. The lowest BCUT2D eigenvalue weighted by atomic mass is 9.93. The molecule has 4 rings (SSSR count). The van der Waals surface area contributed by atoms with Crippen LogP contribution < -0.4 is 4.74 Å². The molecule has 3 aromatic rings. The minimum atomic E-state index is -0.115. The van der Waals surface area contributed by atoms with E-state index in [2.05, 4.69) is 4.90 Å². The van der Waals surface area contributed by atoms with Crippen LogP contribution in [-0.4, -0.2) is 61.8 Å². The van der Waals surface area contributed by atoms with Crippen LogP contribution in [0.15, 0.2) is 96.1 Å². The van der Waals surface area contributed by atoms with E-state index in [-0.39, 0.29) is 24.8 Å². The summed E-state index contributed by atoms with van der Waals surface area (Å²) in [5.74, 6) is 0.591. The Morgan fingerprint density at radius 2 is 1.34 bits per heavy atom. The van der Waals surface area contributed by atoms with Crippen molar-refractivity contribution in [2.24, 2.45) is 0 Å². The van der Waals surface area contributed by atoms with Gasteiger partial charge in [0.05, 0.1) is 13.1 Å². The molecule has 0 N–H and O–H groups in total. The summed E-state index contributed by atoms with van der Waals surface area (Å²) in [6.07, 6.45) is 3.75. The van der Waals surface area contributed by atoms with E-state index in [0.29, 0.717) is 23.3 Å². The molecule has 0 aromatic heterocycles. The fourth-order valence-electron chi connectivity index (χ4n) is 3.91. The zero-order valence-corrected chi connectivity index (χ0v) is 20.2. The molecule has 178 valence electrons. The van der Waals surface area contributed by atoms with Crippen LogP contribution in [0.2, 0.25) is 0 Å². The van der Waals surface area contributed by atoms with Gasteiger partial charge in [0.15, 0.2) is 5.78 Å². The molecule has 0 radical (unpaired) electrons. The topological polar surface area (TPSA) is 49.9 Å². The first-order valence-electron chi connectivity index (χ1n) is 11.7. The number of likely N-dealkylation sites (N-methyl/N-ethyl adjacent to an activating group) is 1. The fourth-order valence-corrected chi connectivity index (χ4v) is 3.91. The first-order valence-corrected chi connectivity index (χ1v) is 11.7. The summed E-state index contributed by atoms with van der Waals surface area (Å²) >= 11 is 0. The number of benzene rings is 3. The van der Waals surface area contributed by atoms with Crippen molar-refractivity contribution in [1.29, 1.82) is 0 Å². The van der Waals surface area contributed by atoms with Crippen molar-refractivity contribution in [3.63, 3.8) is 0 Å². The summed E-state index contributed by atoms with van der Waals surface area (Å²) in [6, 6.07) is 26.6. The van der Waals surface area contributed by atoms with Gasteiger partial charge in [0.25, 0.3) is 5.91 Å². The Morgan fingerprint density at radius 3 is 1.83 bits per heavy atom. The van der Waals surface area contributed by atoms with Crippen LogP contribution in [0, 0.1) is 0 Å². The smallest absolute Gasteiger partial charge is 0.254 e. The molecule has 1 amide bonds. The predicted molar refractivity (Wildman–Crippen MR) is 140 cm³/mol. The lowest BCUT2D eigenvalue weighted by Crippen LogP contribution is -2.41. The monoisotopic (exact) mass is 466 g/mol. The van der Waals surface area contributed by atoms with Crippen molar-refractivity contribution in [2.75, 3.05) is 40.3 Å². The van der Waals surface area contributed by atoms with Gasteiger partial charge >= 0.3 is 0 Å². The third-order valence-corrected chi connectivity index (χ3v) is 5.78. The molecular formula is C30H30N2O3. The fraction of sp³-hybridized carbons (Fsp3) is 0.200. The van der Waals surface area contributed by atoms with Gasteiger partial charge in [-0.3, -0.25) is 9.59 Å². The van der Waals surface area contributed by atoms with Crippen LogP contribution in [-0.2, 0) is 4.79 Å². The molecule has 1 heterocycles. The van der Waals surface area contributed by atoms with E-state index in [1.54, 1.807) is 17.0 Å². The first-order chi connectivity index (χ1) is 17.0. The van der Waals surface area contributed by atoms with Gasteiger partial charge in [-0.15, -0.1) is 0 Å². The highest BCUT2D eigenvalue weighted by Crippen LogP contribution is 2.24. The third kappa shape index (κ3) is 6.55. The molecule has 0 unspecified atom stereocenters. The first kappa shape index (κ1) is 24.2. The van der Waals surface area contributed by atoms with Crippen molar-refractivity contribution >= 4 is 23.8 Å². The van der Waals surface area contributed by atoms with E-state index < -0.39 is 0 Å². The normalized spacial score (nSPS) is 16.2. The maximum Gasteiger partial charge on any atom is 0.254 e. The summed E-state index contributed by atoms with van der Waals surface area (Å²) in [5, 5.41) is 0. The molecule has 5 heteroatoms. The van der Waals surface area contributed by atoms with Crippen LogP contribution in [0.3, 0.4) is 0 Å². The standard InChI is InChI=1S/C30H30N2O3/c1-31(2)17-18-35-28-15-13-25(14-16-28)30(34)32-21-26(19-23-9-5-3-6-10-23)29(33)27(22-32)20-24-11-7-4-8-12-24/h3-16,19-20H,17-18,21-22H2,1-2H3. The lowest BCUT2D eigenvalue weighted by molar-refractivity contribution is -0.113. The van der Waals surface area contributed by atoms with Crippen LogP contribution >= 0.6 is 0 Å². The molecular weight excluding hydrogens is 436 g/mol. The van der Waals surface area contributed by atoms with Gasteiger partial charge in [0.2, 0.25) is 0 Å². The number of carbonyl (C=O) groups excluding carboxylic acids is 2. The predicted octanol–water partition coefficient (Wildman–Crippen LogP) is 4.82. The highest BCUT2D eigenvalue weighted by molar-refractivity contribution is 6.15. The molecule has 0 spiro atoms. The number of piperidine rings is 1. The number of ketones is 1. The number of ether oxygens (including phenoxy) is 1. The molecule has 1 fully saturated rings. The van der Waals surface area contributed by atoms with Crippen molar-refractivity contribution in [1.82, 2.24) is 9.80 Å². The Morgan fingerprint density at radius 1 is 0.829 bits per heavy atom. The third-order valence-electron chi connectivity index (χ3n) is 5.78. The minimum Gasteiger partial charge on any atom is -0.492 e. The minimum absolute atomic E-state index is 0.0219. The molecule has 3 aromatic carbocycles. The molecule has 5 nitrogen and oxygen atoms in total. The Balaban J connectivity index is 1.58. The second-order valence-corrected chi connectivity index (χ2v) is 8.83. The second-order valence-electron chi connectivity index (χ2n) is 8.83. The quantitative estimate of drug-likeness (QED) is 0.469. The molecule has 35 heavy (non-hydrogen) atoms. The number of carbonyl (C=O) groups is 2. The van der Waals surface area contributed by atoms with Crippen molar-refractivity contribution in [2.45, 2.75) is 0 Å². The van der Waals surface area contributed by atoms with Gasteiger partial charge in [-0.2, -0.15) is 0 Å². The number of hydrogen-bond donors (Lipinski definition) is 0. The molecule has 1 aliphatic heterocycles. The summed E-state index contributed by atoms with van der Waals surface area (Å²) in [4.78, 5) is 30.5. The van der Waals surface area contributed by atoms with Crippen LogP contribution in [0.4, 0.5) is 0 Å². The molecule has 0 bridgehead atoms. The average Bonchev–Trinajstić information content (AvgIpc) is 2.87. The van der Waals surface area contributed by atoms with Gasteiger partial charge in [-0.25, -0.2) is 0 Å². The number of Topliss-reactive ketones (excluding diaryl/α,β-unsaturated/α-hetero) is 1. The maximum atomic E-state index is 13.4. The number of nitrogens with zero attached hydrogens (tertiary/aromatic N) is 2. The molecule has 0 atom stereocenters. The summed E-state index contributed by atoms with van der Waals surface area (Å²) in [7, 11) is 3.99. The number of rotatable bonds is 7. The van der Waals surface area contributed by atoms with Crippen molar-refractivity contribution in [3.8, 4) is 5.75 Å². The highest BCUT2D eigenvalue weighted by atomic mass is 16.5. The summed E-state index contributed by atoms with van der Waals surface area (Å²) in [5.41, 5.74) is 3.63. The Bertz CT molecular complexity index is 1150. The lowest BCUT2D eigenvalue weighted by Gasteiger charge is -2.30. The average molecular weight is 467 g/mol. The van der Waals surface area contributed by atoms with Gasteiger partial charge in [0, 0.05) is 23.3 Å². The molecule has 1 saturated heterocycles. The van der Waals surface area contributed by atoms with Crippen molar-refractivity contribution < 1.29 is 14.3 Å². The number of amides is 1. The zero-order valence-electron chi connectivity index (χ0n) is 20.2. The second kappa shape index (κ2) is 11.4. The highest BCUT2D eigenvalue weighted by Gasteiger charge is 2.29. The molecule has 1 aliphatic rings. The van der Waals surface area contributed by atoms with E-state index in [1.807, 2.05) is 99.0 Å². The van der Waals surface area contributed by atoms with Gasteiger partial charge < -0.3 is 14.5 Å². The molecule has 0 aliphatic carbocycles. The number of likely N-dealkylation sites (tertiary alicyclic amines) is 1.